The summed E-state index contributed by atoms with van der Waals surface area (Å²) < 4.78 is 38.1. The average molecular weight is 641 g/mol. The molecule has 0 aromatic carbocycles. The lowest BCUT2D eigenvalue weighted by atomic mass is 10.6. The lowest BCUT2D eigenvalue weighted by molar-refractivity contribution is 0.197. The van der Waals surface area contributed by atoms with Gasteiger partial charge in [0.2, 0.25) is 0 Å². The molecule has 5 nitrogen and oxygen atoms in total. The molecule has 0 atom stereocenters. The van der Waals surface area contributed by atoms with Crippen LogP contribution in [-0.2, 0) is 20.6 Å². The summed E-state index contributed by atoms with van der Waals surface area (Å²) in [5.41, 5.74) is 0.731. The third-order valence-electron chi connectivity index (χ3n) is 8.27. The SMILES string of the molecule is C=CC[Si]1(C(C)C)O[Si](CC=C)(C(C)C)O[Si](CC=C)(C(C)C)O[Si](CC=C)(C(C)C)O[Si](CC=C)(C(C)C)O1. The number of hydrogen-bond donors (Lipinski definition) is 0. The Balaban J connectivity index is 4.45. The zero-order valence-electron chi connectivity index (χ0n) is 27.4. The van der Waals surface area contributed by atoms with Gasteiger partial charge in [-0.15, -0.1) is 32.9 Å². The molecule has 0 unspecified atom stereocenters. The third kappa shape index (κ3) is 7.94. The van der Waals surface area contributed by atoms with Crippen molar-refractivity contribution in [3.63, 3.8) is 0 Å². The molecule has 230 valence electrons. The van der Waals surface area contributed by atoms with Crippen molar-refractivity contribution in [1.82, 2.24) is 0 Å². The van der Waals surface area contributed by atoms with Gasteiger partial charge in [-0.25, -0.2) is 0 Å². The van der Waals surface area contributed by atoms with Crippen molar-refractivity contribution < 1.29 is 20.6 Å². The lowest BCUT2D eigenvalue weighted by Crippen LogP contribution is -2.72. The molecular formula is C30H60O5Si5. The fourth-order valence-corrected chi connectivity index (χ4v) is 36.9. The van der Waals surface area contributed by atoms with E-state index in [0.29, 0.717) is 30.2 Å². The minimum absolute atomic E-state index is 0.146. The summed E-state index contributed by atoms with van der Waals surface area (Å²) in [6.45, 7) is 43.2. The Morgan fingerprint density at radius 3 is 0.550 bits per heavy atom. The Hall–Kier alpha value is -0.416. The van der Waals surface area contributed by atoms with E-state index < -0.39 is 42.8 Å². The van der Waals surface area contributed by atoms with Gasteiger partial charge in [-0.05, 0) is 27.7 Å². The summed E-state index contributed by atoms with van der Waals surface area (Å²) in [7, 11) is -15.1. The normalized spacial score (nSPS) is 33.9. The summed E-state index contributed by atoms with van der Waals surface area (Å²) >= 11 is 0. The Bertz CT molecular complexity index is 698. The zero-order valence-corrected chi connectivity index (χ0v) is 32.4. The second-order valence-corrected chi connectivity index (χ2v) is 32.8. The second-order valence-electron chi connectivity index (χ2n) is 12.8. The van der Waals surface area contributed by atoms with Crippen LogP contribution in [0.5, 0.6) is 0 Å². The van der Waals surface area contributed by atoms with Crippen molar-refractivity contribution in [2.45, 2.75) is 127 Å². The van der Waals surface area contributed by atoms with Crippen molar-refractivity contribution in [2.75, 3.05) is 0 Å². The monoisotopic (exact) mass is 640 g/mol. The van der Waals surface area contributed by atoms with Gasteiger partial charge in [0.15, 0.2) is 0 Å². The van der Waals surface area contributed by atoms with E-state index in [1.165, 1.54) is 0 Å². The van der Waals surface area contributed by atoms with Gasteiger partial charge in [0, 0.05) is 30.2 Å². The van der Waals surface area contributed by atoms with Crippen molar-refractivity contribution in [3.05, 3.63) is 63.3 Å². The lowest BCUT2D eigenvalue weighted by Gasteiger charge is -2.57. The molecule has 1 saturated heterocycles. The average Bonchev–Trinajstić information content (AvgIpc) is 2.83. The maximum atomic E-state index is 7.63. The van der Waals surface area contributed by atoms with E-state index >= 15 is 0 Å². The Labute approximate surface area is 253 Å². The first-order valence-electron chi connectivity index (χ1n) is 15.1. The zero-order chi connectivity index (χ0) is 31.0. The van der Waals surface area contributed by atoms with Gasteiger partial charge >= 0.3 is 42.8 Å². The maximum absolute atomic E-state index is 7.63. The number of hydrogen-bond acceptors (Lipinski definition) is 5. The van der Waals surface area contributed by atoms with Crippen molar-refractivity contribution in [1.29, 1.82) is 0 Å². The molecule has 0 N–H and O–H groups in total. The highest BCUT2D eigenvalue weighted by Crippen LogP contribution is 2.50. The van der Waals surface area contributed by atoms with Crippen molar-refractivity contribution in [3.8, 4) is 0 Å². The molecule has 0 saturated carbocycles. The van der Waals surface area contributed by atoms with Crippen LogP contribution in [0.15, 0.2) is 63.3 Å². The molecule has 1 fully saturated rings. The van der Waals surface area contributed by atoms with E-state index in [0.717, 1.165) is 0 Å². The van der Waals surface area contributed by atoms with Crippen molar-refractivity contribution in [2.24, 2.45) is 0 Å². The van der Waals surface area contributed by atoms with Gasteiger partial charge in [0.05, 0.1) is 0 Å². The fraction of sp³-hybridized carbons (Fsp3) is 0.667. The van der Waals surface area contributed by atoms with E-state index in [4.69, 9.17) is 20.6 Å². The van der Waals surface area contributed by atoms with Crippen LogP contribution in [0.3, 0.4) is 0 Å². The van der Waals surface area contributed by atoms with Gasteiger partial charge in [-0.1, -0.05) is 99.6 Å². The van der Waals surface area contributed by atoms with E-state index in [-0.39, 0.29) is 27.7 Å². The highest BCUT2D eigenvalue weighted by Gasteiger charge is 2.65. The third-order valence-corrected chi connectivity index (χ3v) is 35.2. The van der Waals surface area contributed by atoms with Crippen LogP contribution in [0.1, 0.15) is 69.2 Å². The first-order valence-corrected chi connectivity index (χ1v) is 25.6. The van der Waals surface area contributed by atoms with Gasteiger partial charge in [-0.3, -0.25) is 0 Å². The summed E-state index contributed by atoms with van der Waals surface area (Å²) in [6, 6.07) is 3.29. The van der Waals surface area contributed by atoms with E-state index in [2.05, 4.69) is 102 Å². The Morgan fingerprint density at radius 1 is 0.350 bits per heavy atom. The molecule has 40 heavy (non-hydrogen) atoms. The van der Waals surface area contributed by atoms with Crippen LogP contribution in [0.2, 0.25) is 57.9 Å². The molecule has 1 aliphatic heterocycles. The molecule has 1 aliphatic rings. The Kier molecular flexibility index (Phi) is 14.4. The van der Waals surface area contributed by atoms with E-state index in [1.807, 2.05) is 30.4 Å². The molecule has 10 heteroatoms. The molecular weight excluding hydrogens is 581 g/mol. The van der Waals surface area contributed by atoms with Gasteiger partial charge in [0.25, 0.3) is 0 Å². The molecule has 0 spiro atoms. The quantitative estimate of drug-likeness (QED) is 0.132. The van der Waals surface area contributed by atoms with Crippen LogP contribution in [0.25, 0.3) is 0 Å². The minimum atomic E-state index is -3.01. The van der Waals surface area contributed by atoms with Crippen LogP contribution in [-0.4, -0.2) is 42.8 Å². The molecule has 0 bridgehead atoms. The second kappa shape index (κ2) is 15.4. The topological polar surface area (TPSA) is 46.2 Å². The van der Waals surface area contributed by atoms with Crippen LogP contribution < -0.4 is 0 Å². The first kappa shape index (κ1) is 37.6. The van der Waals surface area contributed by atoms with E-state index in [9.17, 15) is 0 Å². The fourth-order valence-electron chi connectivity index (χ4n) is 5.35. The standard InChI is InChI=1S/C30H60O5Si5/c1-16-21-36(26(6)7)31-37(22-17-2,27(8)9)33-39(24-19-4,29(12)13)35-40(25-20-5,30(14)15)34-38(32-36,23-18-3)28(10)11/h16-20,26-30H,1-5,21-25H2,6-15H3. The van der Waals surface area contributed by atoms with Crippen LogP contribution >= 0.6 is 0 Å². The van der Waals surface area contributed by atoms with Crippen molar-refractivity contribution >= 4 is 42.8 Å². The summed E-state index contributed by atoms with van der Waals surface area (Å²) in [6.07, 6.45) is 9.88. The largest absolute Gasteiger partial charge is 0.415 e. The maximum Gasteiger partial charge on any atom is 0.327 e. The molecule has 0 amide bonds. The number of rotatable bonds is 15. The first-order chi connectivity index (χ1) is 18.6. The van der Waals surface area contributed by atoms with Crippen LogP contribution in [0, 0.1) is 0 Å². The number of allylic oxidation sites excluding steroid dienone is 5. The molecule has 0 aromatic heterocycles. The highest BCUT2D eigenvalue weighted by molar-refractivity contribution is 6.97. The summed E-state index contributed by atoms with van der Waals surface area (Å²) in [5, 5.41) is 0. The predicted molar refractivity (Wildman–Crippen MR) is 185 cm³/mol. The van der Waals surface area contributed by atoms with Gasteiger partial charge in [0.1, 0.15) is 0 Å². The van der Waals surface area contributed by atoms with Gasteiger partial charge in [-0.2, -0.15) is 0 Å². The molecule has 1 heterocycles. The predicted octanol–water partition coefficient (Wildman–Crippen LogP) is 10.3. The molecule has 0 radical (unpaired) electrons. The molecule has 1 rings (SSSR count). The summed E-state index contributed by atoms with van der Waals surface area (Å²) in [4.78, 5) is 0. The van der Waals surface area contributed by atoms with E-state index in [1.54, 1.807) is 0 Å². The minimum Gasteiger partial charge on any atom is -0.415 e. The Morgan fingerprint density at radius 2 is 0.475 bits per heavy atom. The highest BCUT2D eigenvalue weighted by atomic mass is 28.5. The van der Waals surface area contributed by atoms with Crippen LogP contribution in [0.4, 0.5) is 0 Å². The van der Waals surface area contributed by atoms with Gasteiger partial charge < -0.3 is 20.6 Å². The smallest absolute Gasteiger partial charge is 0.327 e. The molecule has 0 aromatic rings. The summed E-state index contributed by atoms with van der Waals surface area (Å²) in [5.74, 6) is 0. The molecule has 0 aliphatic carbocycles.